The highest BCUT2D eigenvalue weighted by Gasteiger charge is 2.19. The van der Waals surface area contributed by atoms with Gasteiger partial charge in [-0.3, -0.25) is 4.79 Å². The average Bonchev–Trinajstić information content (AvgIpc) is 3.22. The molecule has 124 valence electrons. The molecule has 0 aliphatic carbocycles. The largest absolute Gasteiger partial charge is 0.366 e. The zero-order chi connectivity index (χ0) is 17.4. The molecule has 0 radical (unpaired) electrons. The maximum absolute atomic E-state index is 11.9. The molecule has 2 aromatic heterocycles. The molecule has 25 heavy (non-hydrogen) atoms. The van der Waals surface area contributed by atoms with E-state index in [1.807, 2.05) is 30.3 Å². The summed E-state index contributed by atoms with van der Waals surface area (Å²) >= 11 is 1.64. The van der Waals surface area contributed by atoms with Crippen LogP contribution in [0.4, 0.5) is 0 Å². The van der Waals surface area contributed by atoms with E-state index in [-0.39, 0.29) is 0 Å². The summed E-state index contributed by atoms with van der Waals surface area (Å²) in [4.78, 5) is 16.4. The lowest BCUT2D eigenvalue weighted by Gasteiger charge is -2.10. The minimum atomic E-state index is -0.435. The molecule has 0 spiro atoms. The summed E-state index contributed by atoms with van der Waals surface area (Å²) in [6.45, 7) is 0.484. The summed E-state index contributed by atoms with van der Waals surface area (Å²) in [5.74, 6) is -0.435. The van der Waals surface area contributed by atoms with E-state index >= 15 is 0 Å². The lowest BCUT2D eigenvalue weighted by molar-refractivity contribution is 0.100. The van der Waals surface area contributed by atoms with Gasteiger partial charge in [-0.15, -0.1) is 11.3 Å². The number of aromatic amines is 1. The van der Waals surface area contributed by atoms with Crippen LogP contribution in [0, 0.1) is 0 Å². The summed E-state index contributed by atoms with van der Waals surface area (Å²) < 4.78 is 0. The van der Waals surface area contributed by atoms with Gasteiger partial charge in [0.2, 0.25) is 5.91 Å². The van der Waals surface area contributed by atoms with Crippen molar-refractivity contribution in [1.29, 1.82) is 0 Å². The van der Waals surface area contributed by atoms with Crippen LogP contribution in [-0.2, 0) is 6.54 Å². The lowest BCUT2D eigenvalue weighted by Crippen LogP contribution is -2.12. The van der Waals surface area contributed by atoms with Gasteiger partial charge in [-0.2, -0.15) is 0 Å². The molecule has 0 saturated heterocycles. The number of H-pyrrole nitrogens is 1. The molecule has 0 fully saturated rings. The lowest BCUT2D eigenvalue weighted by atomic mass is 9.95. The van der Waals surface area contributed by atoms with Gasteiger partial charge in [0.1, 0.15) is 4.83 Å². The van der Waals surface area contributed by atoms with Crippen molar-refractivity contribution in [2.45, 2.75) is 6.54 Å². The Bertz CT molecular complexity index is 1080. The number of thiophene rings is 1. The van der Waals surface area contributed by atoms with Crippen LogP contribution in [0.3, 0.4) is 0 Å². The zero-order valence-electron chi connectivity index (χ0n) is 13.5. The van der Waals surface area contributed by atoms with Gasteiger partial charge in [0, 0.05) is 28.6 Å². The van der Waals surface area contributed by atoms with Crippen molar-refractivity contribution >= 4 is 27.5 Å². The monoisotopic (exact) mass is 347 g/mol. The number of fused-ring (bicyclic) bond motifs is 1. The molecule has 5 heteroatoms. The fourth-order valence-corrected chi connectivity index (χ4v) is 3.98. The van der Waals surface area contributed by atoms with E-state index < -0.39 is 5.91 Å². The van der Waals surface area contributed by atoms with Crippen molar-refractivity contribution in [3.63, 3.8) is 0 Å². The maximum Gasteiger partial charge on any atom is 0.249 e. The van der Waals surface area contributed by atoms with Crippen molar-refractivity contribution in [1.82, 2.24) is 4.98 Å². The molecule has 4 nitrogen and oxygen atoms in total. The first-order valence-electron chi connectivity index (χ1n) is 7.97. The first-order chi connectivity index (χ1) is 12.2. The third-order valence-electron chi connectivity index (χ3n) is 4.34. The van der Waals surface area contributed by atoms with Crippen LogP contribution in [0.15, 0.2) is 60.0 Å². The van der Waals surface area contributed by atoms with Crippen molar-refractivity contribution in [3.05, 3.63) is 71.1 Å². The van der Waals surface area contributed by atoms with Gasteiger partial charge in [-0.05, 0) is 34.7 Å². The summed E-state index contributed by atoms with van der Waals surface area (Å²) in [6, 6.07) is 17.7. The fourth-order valence-electron chi connectivity index (χ4n) is 3.19. The fraction of sp³-hybridized carbons (Fsp3) is 0.0500. The van der Waals surface area contributed by atoms with Crippen LogP contribution in [-0.4, -0.2) is 10.9 Å². The van der Waals surface area contributed by atoms with Crippen molar-refractivity contribution < 1.29 is 4.79 Å². The highest BCUT2D eigenvalue weighted by molar-refractivity contribution is 7.16. The Morgan fingerprint density at radius 2 is 1.92 bits per heavy atom. The second kappa shape index (κ2) is 6.20. The van der Waals surface area contributed by atoms with Gasteiger partial charge in [0.25, 0.3) is 0 Å². The number of benzene rings is 2. The zero-order valence-corrected chi connectivity index (χ0v) is 14.3. The molecule has 0 bridgehead atoms. The minimum absolute atomic E-state index is 0.435. The third kappa shape index (κ3) is 2.63. The second-order valence-corrected chi connectivity index (χ2v) is 6.77. The first kappa shape index (κ1) is 15.6. The molecule has 4 aromatic rings. The van der Waals surface area contributed by atoms with Crippen LogP contribution >= 0.6 is 11.3 Å². The van der Waals surface area contributed by atoms with Crippen molar-refractivity contribution in [3.8, 4) is 22.4 Å². The Labute approximate surface area is 149 Å². The molecule has 1 amide bonds. The van der Waals surface area contributed by atoms with E-state index in [1.165, 1.54) is 0 Å². The van der Waals surface area contributed by atoms with E-state index in [1.54, 1.807) is 17.4 Å². The van der Waals surface area contributed by atoms with Crippen LogP contribution < -0.4 is 11.5 Å². The van der Waals surface area contributed by atoms with Gasteiger partial charge in [-0.1, -0.05) is 36.4 Å². The summed E-state index contributed by atoms with van der Waals surface area (Å²) in [6.07, 6.45) is 0. The molecular formula is C20H17N3OS. The van der Waals surface area contributed by atoms with Crippen LogP contribution in [0.1, 0.15) is 15.9 Å². The SMILES string of the molecule is NCc1cccc(-c2c(-c3ccccc3C(N)=O)[nH]c3sccc23)c1. The van der Waals surface area contributed by atoms with Crippen LogP contribution in [0.25, 0.3) is 32.6 Å². The van der Waals surface area contributed by atoms with Gasteiger partial charge < -0.3 is 16.5 Å². The number of carbonyl (C=O) groups excluding carboxylic acids is 1. The number of carbonyl (C=O) groups is 1. The molecule has 0 atom stereocenters. The van der Waals surface area contributed by atoms with E-state index in [2.05, 4.69) is 28.6 Å². The number of primary amides is 1. The summed E-state index contributed by atoms with van der Waals surface area (Å²) in [5, 5.41) is 3.19. The van der Waals surface area contributed by atoms with Crippen LogP contribution in [0.5, 0.6) is 0 Å². The smallest absolute Gasteiger partial charge is 0.249 e. The predicted octanol–water partition coefficient (Wildman–Crippen LogP) is 4.12. The van der Waals surface area contributed by atoms with E-state index in [0.29, 0.717) is 12.1 Å². The molecule has 0 aliphatic heterocycles. The second-order valence-electron chi connectivity index (χ2n) is 5.85. The number of nitrogens with one attached hydrogen (secondary N) is 1. The van der Waals surface area contributed by atoms with E-state index in [4.69, 9.17) is 11.5 Å². The third-order valence-corrected chi connectivity index (χ3v) is 5.17. The van der Waals surface area contributed by atoms with Gasteiger partial charge >= 0.3 is 0 Å². The Morgan fingerprint density at radius 1 is 1.08 bits per heavy atom. The average molecular weight is 347 g/mol. The summed E-state index contributed by atoms with van der Waals surface area (Å²) in [5.41, 5.74) is 16.8. The Kier molecular flexibility index (Phi) is 3.87. The van der Waals surface area contributed by atoms with E-state index in [9.17, 15) is 4.79 Å². The molecule has 0 aliphatic rings. The topological polar surface area (TPSA) is 84.9 Å². The van der Waals surface area contributed by atoms with Crippen LogP contribution in [0.2, 0.25) is 0 Å². The highest BCUT2D eigenvalue weighted by Crippen LogP contribution is 2.41. The normalized spacial score (nSPS) is 11.1. The maximum atomic E-state index is 11.9. The molecule has 4 rings (SSSR count). The number of amides is 1. The molecular weight excluding hydrogens is 330 g/mol. The number of rotatable bonds is 4. The van der Waals surface area contributed by atoms with E-state index in [0.717, 1.165) is 38.2 Å². The van der Waals surface area contributed by atoms with Crippen molar-refractivity contribution in [2.75, 3.05) is 0 Å². The number of nitrogens with two attached hydrogens (primary N) is 2. The predicted molar refractivity (Wildman–Crippen MR) is 103 cm³/mol. The molecule has 2 aromatic carbocycles. The molecule has 2 heterocycles. The molecule has 5 N–H and O–H groups in total. The first-order valence-corrected chi connectivity index (χ1v) is 8.84. The number of aromatic nitrogens is 1. The Morgan fingerprint density at radius 3 is 2.72 bits per heavy atom. The van der Waals surface area contributed by atoms with Crippen molar-refractivity contribution in [2.24, 2.45) is 11.5 Å². The van der Waals surface area contributed by atoms with Gasteiger partial charge in [-0.25, -0.2) is 0 Å². The standard InChI is InChI=1S/C20H17N3OS/c21-11-12-4-3-5-13(10-12)17-16-8-9-25-20(16)23-18(17)14-6-1-2-7-15(14)19(22)24/h1-10,23H,11,21H2,(H2,22,24). The minimum Gasteiger partial charge on any atom is -0.366 e. The Hall–Kier alpha value is -2.89. The van der Waals surface area contributed by atoms with Gasteiger partial charge in [0.05, 0.1) is 5.69 Å². The molecule has 0 saturated carbocycles. The Balaban J connectivity index is 2.03. The molecule has 0 unspecified atom stereocenters. The van der Waals surface area contributed by atoms with Gasteiger partial charge in [0.15, 0.2) is 0 Å². The quantitative estimate of drug-likeness (QED) is 0.519. The highest BCUT2D eigenvalue weighted by atomic mass is 32.1. The summed E-state index contributed by atoms with van der Waals surface area (Å²) in [7, 11) is 0. The number of hydrogen-bond donors (Lipinski definition) is 3. The number of hydrogen-bond acceptors (Lipinski definition) is 3.